The average Bonchev–Trinajstić information content (AvgIpc) is 2.27. The number of carbonyl (C=O) groups is 2. The van der Waals surface area contributed by atoms with Crippen molar-refractivity contribution < 1.29 is 14.3 Å². The summed E-state index contributed by atoms with van der Waals surface area (Å²) < 4.78 is 4.81. The van der Waals surface area contributed by atoms with Gasteiger partial charge in [0.2, 0.25) is 11.8 Å². The number of rotatable bonds is 8. The Labute approximate surface area is 109 Å². The molecule has 6 nitrogen and oxygen atoms in total. The first-order chi connectivity index (χ1) is 8.38. The Balaban J connectivity index is 4.03. The van der Waals surface area contributed by atoms with Gasteiger partial charge in [-0.3, -0.25) is 9.59 Å². The smallest absolute Gasteiger partial charge is 0.239 e. The summed E-state index contributed by atoms with van der Waals surface area (Å²) >= 11 is 0. The van der Waals surface area contributed by atoms with E-state index in [-0.39, 0.29) is 18.4 Å². The number of methoxy groups -OCH3 is 1. The fourth-order valence-corrected chi connectivity index (χ4v) is 1.53. The third kappa shape index (κ3) is 7.24. The number of ether oxygens (including phenoxy) is 1. The van der Waals surface area contributed by atoms with Crippen LogP contribution in [0.2, 0.25) is 0 Å². The van der Waals surface area contributed by atoms with Crippen LogP contribution in [0.3, 0.4) is 0 Å². The topological polar surface area (TPSA) is 84.7 Å². The molecule has 18 heavy (non-hydrogen) atoms. The highest BCUT2D eigenvalue weighted by molar-refractivity contribution is 5.87. The van der Waals surface area contributed by atoms with Gasteiger partial charge in [-0.15, -0.1) is 0 Å². The first-order valence-electron chi connectivity index (χ1n) is 6.14. The van der Waals surface area contributed by atoms with E-state index in [0.717, 1.165) is 0 Å². The van der Waals surface area contributed by atoms with Gasteiger partial charge in [0, 0.05) is 20.7 Å². The van der Waals surface area contributed by atoms with Crippen molar-refractivity contribution in [2.45, 2.75) is 26.3 Å². The lowest BCUT2D eigenvalue weighted by atomic mass is 10.0. The largest absolute Gasteiger partial charge is 0.383 e. The molecule has 0 aliphatic rings. The monoisotopic (exact) mass is 259 g/mol. The zero-order chi connectivity index (χ0) is 14.1. The van der Waals surface area contributed by atoms with E-state index in [0.29, 0.717) is 25.5 Å². The van der Waals surface area contributed by atoms with Crippen LogP contribution in [0.5, 0.6) is 0 Å². The van der Waals surface area contributed by atoms with E-state index in [4.69, 9.17) is 10.5 Å². The van der Waals surface area contributed by atoms with Crippen molar-refractivity contribution in [2.75, 3.05) is 33.9 Å². The minimum atomic E-state index is -0.540. The Kier molecular flexibility index (Phi) is 8.32. The fraction of sp³-hybridized carbons (Fsp3) is 0.833. The van der Waals surface area contributed by atoms with Gasteiger partial charge in [0.05, 0.1) is 19.2 Å². The standard InChI is InChI=1S/C12H25N3O3/c1-9(2)7-10(13)12(17)15(3)8-11(16)14-5-6-18-4/h9-10H,5-8,13H2,1-4H3,(H,14,16)/t10-/m0/s1. The highest BCUT2D eigenvalue weighted by Gasteiger charge is 2.20. The maximum Gasteiger partial charge on any atom is 0.239 e. The third-order valence-corrected chi connectivity index (χ3v) is 2.43. The van der Waals surface area contributed by atoms with Crippen LogP contribution in [0.25, 0.3) is 0 Å². The molecule has 0 bridgehead atoms. The molecule has 0 aromatic carbocycles. The SMILES string of the molecule is COCCNC(=O)CN(C)C(=O)[C@@H](N)CC(C)C. The van der Waals surface area contributed by atoms with E-state index < -0.39 is 6.04 Å². The predicted octanol–water partition coefficient (Wildman–Crippen LogP) is -0.419. The summed E-state index contributed by atoms with van der Waals surface area (Å²) in [5.41, 5.74) is 5.77. The molecule has 0 aromatic heterocycles. The van der Waals surface area contributed by atoms with Gasteiger partial charge in [-0.2, -0.15) is 0 Å². The van der Waals surface area contributed by atoms with E-state index >= 15 is 0 Å². The van der Waals surface area contributed by atoms with E-state index in [1.807, 2.05) is 13.8 Å². The van der Waals surface area contributed by atoms with Crippen molar-refractivity contribution in [2.24, 2.45) is 11.7 Å². The van der Waals surface area contributed by atoms with Gasteiger partial charge in [0.15, 0.2) is 0 Å². The Morgan fingerprint density at radius 1 is 1.39 bits per heavy atom. The molecule has 106 valence electrons. The maximum absolute atomic E-state index is 11.8. The highest BCUT2D eigenvalue weighted by atomic mass is 16.5. The first kappa shape index (κ1) is 16.9. The van der Waals surface area contributed by atoms with Gasteiger partial charge in [-0.1, -0.05) is 13.8 Å². The fourth-order valence-electron chi connectivity index (χ4n) is 1.53. The zero-order valence-electron chi connectivity index (χ0n) is 11.7. The van der Waals surface area contributed by atoms with Crippen molar-refractivity contribution in [1.82, 2.24) is 10.2 Å². The zero-order valence-corrected chi connectivity index (χ0v) is 11.7. The molecule has 0 aliphatic heterocycles. The maximum atomic E-state index is 11.8. The van der Waals surface area contributed by atoms with Crippen LogP contribution in [0.1, 0.15) is 20.3 Å². The van der Waals surface area contributed by atoms with Crippen molar-refractivity contribution in [3.8, 4) is 0 Å². The van der Waals surface area contributed by atoms with Crippen LogP contribution >= 0.6 is 0 Å². The quantitative estimate of drug-likeness (QED) is 0.580. The molecule has 0 spiro atoms. The van der Waals surface area contributed by atoms with Gasteiger partial charge in [-0.25, -0.2) is 0 Å². The number of nitrogens with one attached hydrogen (secondary N) is 1. The molecule has 0 rings (SSSR count). The summed E-state index contributed by atoms with van der Waals surface area (Å²) in [6, 6.07) is -0.540. The summed E-state index contributed by atoms with van der Waals surface area (Å²) in [5, 5.41) is 2.65. The van der Waals surface area contributed by atoms with E-state index in [1.165, 1.54) is 4.90 Å². The molecule has 3 N–H and O–H groups in total. The molecule has 0 heterocycles. The van der Waals surface area contributed by atoms with E-state index in [9.17, 15) is 9.59 Å². The van der Waals surface area contributed by atoms with Crippen LogP contribution < -0.4 is 11.1 Å². The minimum absolute atomic E-state index is 0.0222. The van der Waals surface area contributed by atoms with Gasteiger partial charge >= 0.3 is 0 Å². The number of likely N-dealkylation sites (N-methyl/N-ethyl adjacent to an activating group) is 1. The van der Waals surface area contributed by atoms with Gasteiger partial charge < -0.3 is 20.7 Å². The normalized spacial score (nSPS) is 12.3. The van der Waals surface area contributed by atoms with Crippen LogP contribution in [0.15, 0.2) is 0 Å². The van der Waals surface area contributed by atoms with Crippen LogP contribution in [0, 0.1) is 5.92 Å². The predicted molar refractivity (Wildman–Crippen MR) is 70.0 cm³/mol. The lowest BCUT2D eigenvalue weighted by molar-refractivity contribution is -0.136. The van der Waals surface area contributed by atoms with E-state index in [1.54, 1.807) is 14.2 Å². The molecule has 0 radical (unpaired) electrons. The minimum Gasteiger partial charge on any atom is -0.383 e. The molecule has 2 amide bonds. The molecular weight excluding hydrogens is 234 g/mol. The Bertz CT molecular complexity index is 269. The van der Waals surface area contributed by atoms with Gasteiger partial charge in [0.25, 0.3) is 0 Å². The summed E-state index contributed by atoms with van der Waals surface area (Å²) in [4.78, 5) is 24.7. The number of nitrogens with two attached hydrogens (primary N) is 1. The Hall–Kier alpha value is -1.14. The summed E-state index contributed by atoms with van der Waals surface area (Å²) in [6.07, 6.45) is 0.620. The number of amides is 2. The second-order valence-corrected chi connectivity index (χ2v) is 4.77. The van der Waals surface area contributed by atoms with Crippen molar-refractivity contribution in [3.05, 3.63) is 0 Å². The first-order valence-corrected chi connectivity index (χ1v) is 6.14. The molecule has 1 atom stereocenters. The van der Waals surface area contributed by atoms with Gasteiger partial charge in [-0.05, 0) is 12.3 Å². The second-order valence-electron chi connectivity index (χ2n) is 4.77. The van der Waals surface area contributed by atoms with Crippen molar-refractivity contribution in [1.29, 1.82) is 0 Å². The summed E-state index contributed by atoms with van der Waals surface area (Å²) in [6.45, 7) is 4.93. The molecule has 0 aliphatic carbocycles. The Morgan fingerprint density at radius 2 is 2.00 bits per heavy atom. The van der Waals surface area contributed by atoms with Crippen LogP contribution in [0.4, 0.5) is 0 Å². The van der Waals surface area contributed by atoms with E-state index in [2.05, 4.69) is 5.32 Å². The highest BCUT2D eigenvalue weighted by Crippen LogP contribution is 2.04. The van der Waals surface area contributed by atoms with Gasteiger partial charge in [0.1, 0.15) is 0 Å². The Morgan fingerprint density at radius 3 is 2.50 bits per heavy atom. The molecule has 0 saturated carbocycles. The number of hydrogen-bond acceptors (Lipinski definition) is 4. The molecular formula is C12H25N3O3. The molecule has 0 saturated heterocycles. The average molecular weight is 259 g/mol. The summed E-state index contributed by atoms with van der Waals surface area (Å²) in [5.74, 6) is -0.0573. The second kappa shape index (κ2) is 8.88. The third-order valence-electron chi connectivity index (χ3n) is 2.43. The van der Waals surface area contributed by atoms with Crippen LogP contribution in [-0.2, 0) is 14.3 Å². The van der Waals surface area contributed by atoms with Crippen LogP contribution in [-0.4, -0.2) is 56.6 Å². The number of hydrogen-bond donors (Lipinski definition) is 2. The lowest BCUT2D eigenvalue weighted by Gasteiger charge is -2.21. The van der Waals surface area contributed by atoms with Crippen molar-refractivity contribution in [3.63, 3.8) is 0 Å². The molecule has 0 fully saturated rings. The number of carbonyl (C=O) groups excluding carboxylic acids is 2. The lowest BCUT2D eigenvalue weighted by Crippen LogP contribution is -2.46. The molecule has 6 heteroatoms. The molecule has 0 aromatic rings. The summed E-state index contributed by atoms with van der Waals surface area (Å²) in [7, 11) is 3.14. The number of nitrogens with zero attached hydrogens (tertiary/aromatic N) is 1. The van der Waals surface area contributed by atoms with Crippen molar-refractivity contribution >= 4 is 11.8 Å². The molecule has 0 unspecified atom stereocenters.